The van der Waals surface area contributed by atoms with E-state index in [1.54, 1.807) is 10.4 Å². The number of thiophene rings is 1. The molecule has 1 aliphatic heterocycles. The van der Waals surface area contributed by atoms with Crippen molar-refractivity contribution in [3.05, 3.63) is 15.4 Å². The molecule has 1 saturated heterocycles. The largest absolute Gasteiger partial charge is 0.330 e. The first-order chi connectivity index (χ1) is 8.95. The quantitative estimate of drug-likeness (QED) is 0.840. The molecule has 0 radical (unpaired) electrons. The molecule has 2 rings (SSSR count). The predicted molar refractivity (Wildman–Crippen MR) is 89.2 cm³/mol. The molecule has 0 aromatic carbocycles. The number of rotatable bonds is 4. The Kier molecular flexibility index (Phi) is 6.95. The number of nitrogens with zero attached hydrogens (tertiary/aromatic N) is 1. The summed E-state index contributed by atoms with van der Waals surface area (Å²) in [5, 5.41) is 0. The summed E-state index contributed by atoms with van der Waals surface area (Å²) < 4.78 is 28.1. The number of sulfonamides is 1. The maximum absolute atomic E-state index is 12.6. The van der Waals surface area contributed by atoms with Crippen LogP contribution in [0.15, 0.2) is 14.1 Å². The minimum absolute atomic E-state index is 0. The van der Waals surface area contributed by atoms with Crippen LogP contribution in [-0.2, 0) is 10.0 Å². The summed E-state index contributed by atoms with van der Waals surface area (Å²) in [7, 11) is -3.33. The minimum Gasteiger partial charge on any atom is -0.330 e. The molecule has 1 aromatic rings. The van der Waals surface area contributed by atoms with Crippen LogP contribution in [0.4, 0.5) is 0 Å². The summed E-state index contributed by atoms with van der Waals surface area (Å²) >= 11 is 4.68. The van der Waals surface area contributed by atoms with Crippen molar-refractivity contribution in [2.75, 3.05) is 19.6 Å². The Balaban J connectivity index is 0.00000200. The molecule has 20 heavy (non-hydrogen) atoms. The fourth-order valence-corrected chi connectivity index (χ4v) is 6.34. The molecular formula is C12H20BrClN2O2S2. The van der Waals surface area contributed by atoms with E-state index in [1.807, 2.05) is 6.92 Å². The van der Waals surface area contributed by atoms with Gasteiger partial charge in [0.1, 0.15) is 4.21 Å². The van der Waals surface area contributed by atoms with Crippen LogP contribution in [0.2, 0.25) is 0 Å². The van der Waals surface area contributed by atoms with E-state index < -0.39 is 10.0 Å². The van der Waals surface area contributed by atoms with Crippen molar-refractivity contribution in [2.45, 2.75) is 30.4 Å². The van der Waals surface area contributed by atoms with Crippen LogP contribution in [0, 0.1) is 12.8 Å². The molecule has 4 nitrogen and oxygen atoms in total. The van der Waals surface area contributed by atoms with Crippen LogP contribution in [0.25, 0.3) is 0 Å². The van der Waals surface area contributed by atoms with Crippen molar-refractivity contribution >= 4 is 49.7 Å². The zero-order valence-electron chi connectivity index (χ0n) is 11.3. The van der Waals surface area contributed by atoms with Gasteiger partial charge in [-0.2, -0.15) is 4.31 Å². The fourth-order valence-electron chi connectivity index (χ4n) is 2.40. The van der Waals surface area contributed by atoms with E-state index in [-0.39, 0.29) is 12.4 Å². The van der Waals surface area contributed by atoms with Gasteiger partial charge in [0, 0.05) is 13.1 Å². The molecule has 116 valence electrons. The van der Waals surface area contributed by atoms with Crippen molar-refractivity contribution in [2.24, 2.45) is 11.7 Å². The Morgan fingerprint density at radius 1 is 1.55 bits per heavy atom. The molecule has 8 heteroatoms. The van der Waals surface area contributed by atoms with Gasteiger partial charge in [-0.05, 0) is 66.2 Å². The summed E-state index contributed by atoms with van der Waals surface area (Å²) in [6.07, 6.45) is 2.91. The summed E-state index contributed by atoms with van der Waals surface area (Å²) in [6.45, 7) is 3.77. The second-order valence-electron chi connectivity index (χ2n) is 4.97. The van der Waals surface area contributed by atoms with Crippen LogP contribution in [0.3, 0.4) is 0 Å². The number of hydrogen-bond donors (Lipinski definition) is 1. The van der Waals surface area contributed by atoms with E-state index in [9.17, 15) is 8.42 Å². The van der Waals surface area contributed by atoms with Gasteiger partial charge in [0.25, 0.3) is 10.0 Å². The number of hydrogen-bond acceptors (Lipinski definition) is 4. The van der Waals surface area contributed by atoms with E-state index in [2.05, 4.69) is 15.9 Å². The summed E-state index contributed by atoms with van der Waals surface area (Å²) in [5.74, 6) is 0.401. The predicted octanol–water partition coefficient (Wildman–Crippen LogP) is 2.99. The first-order valence-corrected chi connectivity index (χ1v) is 9.46. The molecule has 1 atom stereocenters. The minimum atomic E-state index is -3.33. The van der Waals surface area contributed by atoms with Gasteiger partial charge in [0.15, 0.2) is 0 Å². The third kappa shape index (κ3) is 3.96. The molecule has 1 fully saturated rings. The van der Waals surface area contributed by atoms with Crippen LogP contribution >= 0.6 is 39.7 Å². The lowest BCUT2D eigenvalue weighted by Gasteiger charge is -2.31. The van der Waals surface area contributed by atoms with Gasteiger partial charge >= 0.3 is 0 Å². The standard InChI is InChI=1S/C12H19BrN2O2S2.ClH/c1-9-7-11(18-12(9)13)19(16,17)15-6-2-3-10(8-15)4-5-14;/h7,10H,2-6,8,14H2,1H3;1H. The highest BCUT2D eigenvalue weighted by molar-refractivity contribution is 9.11. The van der Waals surface area contributed by atoms with Crippen LogP contribution in [-0.4, -0.2) is 32.4 Å². The van der Waals surface area contributed by atoms with E-state index in [4.69, 9.17) is 5.73 Å². The molecule has 0 amide bonds. The lowest BCUT2D eigenvalue weighted by molar-refractivity contribution is 0.258. The van der Waals surface area contributed by atoms with Crippen LogP contribution in [0.5, 0.6) is 0 Å². The summed E-state index contributed by atoms with van der Waals surface area (Å²) in [5.41, 5.74) is 6.55. The van der Waals surface area contributed by atoms with Crippen molar-refractivity contribution in [3.8, 4) is 0 Å². The molecule has 0 aliphatic carbocycles. The second-order valence-corrected chi connectivity index (χ2v) is 9.51. The monoisotopic (exact) mass is 402 g/mol. The molecule has 1 unspecified atom stereocenters. The first-order valence-electron chi connectivity index (χ1n) is 6.41. The van der Waals surface area contributed by atoms with Gasteiger partial charge in [-0.15, -0.1) is 23.7 Å². The maximum Gasteiger partial charge on any atom is 0.252 e. The molecule has 1 aromatic heterocycles. The van der Waals surface area contributed by atoms with Crippen molar-refractivity contribution in [1.29, 1.82) is 0 Å². The Hall–Kier alpha value is 0.340. The smallest absolute Gasteiger partial charge is 0.252 e. The van der Waals surface area contributed by atoms with E-state index >= 15 is 0 Å². The molecular weight excluding hydrogens is 384 g/mol. The molecule has 2 N–H and O–H groups in total. The lowest BCUT2D eigenvalue weighted by atomic mass is 9.96. The zero-order chi connectivity index (χ0) is 14.0. The van der Waals surface area contributed by atoms with Crippen LogP contribution < -0.4 is 5.73 Å². The first kappa shape index (κ1) is 18.4. The molecule has 0 spiro atoms. The van der Waals surface area contributed by atoms with Gasteiger partial charge in [-0.3, -0.25) is 0 Å². The second kappa shape index (κ2) is 7.56. The normalized spacial score (nSPS) is 20.6. The number of piperidine rings is 1. The third-order valence-corrected chi connectivity index (χ3v) is 7.94. The lowest BCUT2D eigenvalue weighted by Crippen LogP contribution is -2.40. The average Bonchev–Trinajstić information content (AvgIpc) is 2.71. The van der Waals surface area contributed by atoms with E-state index in [0.29, 0.717) is 29.8 Å². The van der Waals surface area contributed by atoms with Crippen molar-refractivity contribution in [3.63, 3.8) is 0 Å². The Morgan fingerprint density at radius 2 is 2.25 bits per heavy atom. The van der Waals surface area contributed by atoms with Gasteiger partial charge in [-0.1, -0.05) is 0 Å². The van der Waals surface area contributed by atoms with Crippen molar-refractivity contribution < 1.29 is 8.42 Å². The highest BCUT2D eigenvalue weighted by Crippen LogP contribution is 2.34. The van der Waals surface area contributed by atoms with Gasteiger partial charge in [0.2, 0.25) is 0 Å². The maximum atomic E-state index is 12.6. The summed E-state index contributed by atoms with van der Waals surface area (Å²) in [4.78, 5) is 0. The number of aryl methyl sites for hydroxylation is 1. The number of nitrogens with two attached hydrogens (primary N) is 1. The van der Waals surface area contributed by atoms with Gasteiger partial charge in [0.05, 0.1) is 3.79 Å². The fraction of sp³-hybridized carbons (Fsp3) is 0.667. The topological polar surface area (TPSA) is 63.4 Å². The van der Waals surface area contributed by atoms with E-state index in [0.717, 1.165) is 28.6 Å². The molecule has 0 bridgehead atoms. The summed E-state index contributed by atoms with van der Waals surface area (Å²) in [6, 6.07) is 1.75. The van der Waals surface area contributed by atoms with Crippen LogP contribution in [0.1, 0.15) is 24.8 Å². The zero-order valence-corrected chi connectivity index (χ0v) is 15.4. The van der Waals surface area contributed by atoms with E-state index in [1.165, 1.54) is 11.3 Å². The van der Waals surface area contributed by atoms with Gasteiger partial charge < -0.3 is 5.73 Å². The molecule has 1 aliphatic rings. The number of halogens is 2. The highest BCUT2D eigenvalue weighted by atomic mass is 79.9. The molecule has 0 saturated carbocycles. The highest BCUT2D eigenvalue weighted by Gasteiger charge is 2.31. The SMILES string of the molecule is Cc1cc(S(=O)(=O)N2CCCC(CCN)C2)sc1Br.Cl. The average molecular weight is 404 g/mol. The van der Waals surface area contributed by atoms with Crippen molar-refractivity contribution in [1.82, 2.24) is 4.31 Å². The van der Waals surface area contributed by atoms with Gasteiger partial charge in [-0.25, -0.2) is 8.42 Å². The molecule has 2 heterocycles. The Bertz CT molecular complexity index is 526. The Labute approximate surface area is 139 Å². The third-order valence-electron chi connectivity index (χ3n) is 3.49. The Morgan fingerprint density at radius 3 is 2.80 bits per heavy atom.